The number of carbonyl (C=O) groups excluding carboxylic acids is 1. The summed E-state index contributed by atoms with van der Waals surface area (Å²) in [4.78, 5) is 14.9. The molecule has 1 aromatic heterocycles. The molecular formula is C10H12N2O. The number of hydrogen-bond acceptors (Lipinski definition) is 2. The van der Waals surface area contributed by atoms with Gasteiger partial charge in [-0.1, -0.05) is 0 Å². The highest BCUT2D eigenvalue weighted by molar-refractivity contribution is 5.91. The van der Waals surface area contributed by atoms with Crippen LogP contribution in [0.2, 0.25) is 0 Å². The maximum Gasteiger partial charge on any atom is 0.243 e. The molecule has 0 spiro atoms. The van der Waals surface area contributed by atoms with Crippen LogP contribution in [-0.4, -0.2) is 17.4 Å². The zero-order chi connectivity index (χ0) is 9.52. The Hall–Kier alpha value is -1.64. The Bertz CT molecular complexity index is 293. The molecule has 0 aliphatic rings. The van der Waals surface area contributed by atoms with Crippen molar-refractivity contribution in [2.75, 3.05) is 6.54 Å². The minimum atomic E-state index is -0.0701. The molecule has 0 bridgehead atoms. The highest BCUT2D eigenvalue weighted by atomic mass is 16.1. The maximum absolute atomic E-state index is 11.0. The van der Waals surface area contributed by atoms with E-state index < -0.39 is 0 Å². The van der Waals surface area contributed by atoms with Crippen LogP contribution in [0, 0.1) is 0 Å². The summed E-state index contributed by atoms with van der Waals surface area (Å²) in [5, 5.41) is 2.67. The largest absolute Gasteiger partial charge is 0.353 e. The van der Waals surface area contributed by atoms with Crippen LogP contribution in [0.3, 0.4) is 0 Å². The summed E-state index contributed by atoms with van der Waals surface area (Å²) < 4.78 is 0. The first-order chi connectivity index (χ1) is 6.33. The van der Waals surface area contributed by atoms with E-state index in [9.17, 15) is 4.79 Å². The van der Waals surface area contributed by atoms with Gasteiger partial charge in [-0.15, -0.1) is 0 Å². The molecule has 0 aromatic carbocycles. The van der Waals surface area contributed by atoms with E-state index in [-0.39, 0.29) is 5.91 Å². The summed E-state index contributed by atoms with van der Waals surface area (Å²) in [6.45, 7) is 2.54. The smallest absolute Gasteiger partial charge is 0.243 e. The van der Waals surface area contributed by atoms with Gasteiger partial charge in [-0.25, -0.2) is 0 Å². The quantitative estimate of drug-likeness (QED) is 0.704. The average Bonchev–Trinajstić information content (AvgIpc) is 2.17. The number of amides is 1. The highest BCUT2D eigenvalue weighted by Crippen LogP contribution is 1.98. The molecule has 1 N–H and O–H groups in total. The standard InChI is InChI=1S/C10H12N2O/c1-2-12-10(13)4-3-9-5-7-11-8-6-9/h3-8H,2H2,1H3,(H,12,13)/b4-3+. The predicted octanol–water partition coefficient (Wildman–Crippen LogP) is 1.23. The van der Waals surface area contributed by atoms with Crippen molar-refractivity contribution in [1.82, 2.24) is 10.3 Å². The van der Waals surface area contributed by atoms with Crippen molar-refractivity contribution in [2.24, 2.45) is 0 Å². The molecule has 1 rings (SSSR count). The van der Waals surface area contributed by atoms with Crippen LogP contribution >= 0.6 is 0 Å². The summed E-state index contributed by atoms with van der Waals surface area (Å²) in [5.74, 6) is -0.0701. The van der Waals surface area contributed by atoms with E-state index in [2.05, 4.69) is 10.3 Å². The van der Waals surface area contributed by atoms with Gasteiger partial charge < -0.3 is 5.32 Å². The molecule has 1 amide bonds. The van der Waals surface area contributed by atoms with E-state index in [4.69, 9.17) is 0 Å². The van der Waals surface area contributed by atoms with Crippen LogP contribution in [0.4, 0.5) is 0 Å². The summed E-state index contributed by atoms with van der Waals surface area (Å²) in [6.07, 6.45) is 6.65. The fourth-order valence-corrected chi connectivity index (χ4v) is 0.880. The van der Waals surface area contributed by atoms with Crippen LogP contribution < -0.4 is 5.32 Å². The van der Waals surface area contributed by atoms with Gasteiger partial charge in [-0.3, -0.25) is 9.78 Å². The third-order valence-corrected chi connectivity index (χ3v) is 1.48. The number of carbonyl (C=O) groups is 1. The van der Waals surface area contributed by atoms with Crippen molar-refractivity contribution in [1.29, 1.82) is 0 Å². The normalized spacial score (nSPS) is 10.2. The molecule has 0 fully saturated rings. The lowest BCUT2D eigenvalue weighted by molar-refractivity contribution is -0.116. The second-order valence-electron chi connectivity index (χ2n) is 2.51. The van der Waals surface area contributed by atoms with Crippen molar-refractivity contribution in [3.63, 3.8) is 0 Å². The lowest BCUT2D eigenvalue weighted by atomic mass is 10.2. The van der Waals surface area contributed by atoms with E-state index in [1.165, 1.54) is 6.08 Å². The van der Waals surface area contributed by atoms with Gasteiger partial charge >= 0.3 is 0 Å². The molecule has 3 heteroatoms. The average molecular weight is 176 g/mol. The summed E-state index contributed by atoms with van der Waals surface area (Å²) in [5.41, 5.74) is 0.973. The Morgan fingerprint density at radius 1 is 1.54 bits per heavy atom. The molecule has 0 saturated heterocycles. The van der Waals surface area contributed by atoms with Crippen LogP contribution in [0.5, 0.6) is 0 Å². The summed E-state index contributed by atoms with van der Waals surface area (Å²) in [6, 6.07) is 3.69. The monoisotopic (exact) mass is 176 g/mol. The van der Waals surface area contributed by atoms with Crippen molar-refractivity contribution >= 4 is 12.0 Å². The molecule has 0 unspecified atom stereocenters. The zero-order valence-corrected chi connectivity index (χ0v) is 7.53. The first kappa shape index (κ1) is 9.45. The van der Waals surface area contributed by atoms with Gasteiger partial charge in [0.1, 0.15) is 0 Å². The highest BCUT2D eigenvalue weighted by Gasteiger charge is 1.90. The number of rotatable bonds is 3. The van der Waals surface area contributed by atoms with Crippen molar-refractivity contribution in [2.45, 2.75) is 6.92 Å². The topological polar surface area (TPSA) is 42.0 Å². The fourth-order valence-electron chi connectivity index (χ4n) is 0.880. The van der Waals surface area contributed by atoms with Crippen LogP contribution in [-0.2, 0) is 4.79 Å². The lowest BCUT2D eigenvalue weighted by Gasteiger charge is -1.94. The van der Waals surface area contributed by atoms with Gasteiger partial charge in [0.15, 0.2) is 0 Å². The second-order valence-corrected chi connectivity index (χ2v) is 2.51. The van der Waals surface area contributed by atoms with Crippen LogP contribution in [0.1, 0.15) is 12.5 Å². The van der Waals surface area contributed by atoms with E-state index in [0.29, 0.717) is 6.54 Å². The van der Waals surface area contributed by atoms with Crippen LogP contribution in [0.15, 0.2) is 30.6 Å². The number of nitrogens with zero attached hydrogens (tertiary/aromatic N) is 1. The SMILES string of the molecule is CCNC(=O)/C=C/c1ccncc1. The molecule has 13 heavy (non-hydrogen) atoms. The Labute approximate surface area is 77.5 Å². The first-order valence-corrected chi connectivity index (χ1v) is 4.19. The van der Waals surface area contributed by atoms with Gasteiger partial charge in [0.2, 0.25) is 5.91 Å². The zero-order valence-electron chi connectivity index (χ0n) is 7.53. The molecule has 68 valence electrons. The van der Waals surface area contributed by atoms with Gasteiger partial charge in [0.25, 0.3) is 0 Å². The fraction of sp³-hybridized carbons (Fsp3) is 0.200. The van der Waals surface area contributed by atoms with Gasteiger partial charge in [-0.2, -0.15) is 0 Å². The molecule has 1 aromatic rings. The molecule has 0 atom stereocenters. The molecule has 1 heterocycles. The minimum Gasteiger partial charge on any atom is -0.353 e. The minimum absolute atomic E-state index is 0.0701. The van der Waals surface area contributed by atoms with E-state index >= 15 is 0 Å². The first-order valence-electron chi connectivity index (χ1n) is 4.19. The molecule has 0 aliphatic carbocycles. The van der Waals surface area contributed by atoms with Gasteiger partial charge in [0.05, 0.1) is 0 Å². The Kier molecular flexibility index (Phi) is 3.70. The number of hydrogen-bond donors (Lipinski definition) is 1. The van der Waals surface area contributed by atoms with E-state index in [1.807, 2.05) is 19.1 Å². The molecule has 0 radical (unpaired) electrons. The van der Waals surface area contributed by atoms with Crippen molar-refractivity contribution in [3.8, 4) is 0 Å². The summed E-state index contributed by atoms with van der Waals surface area (Å²) in [7, 11) is 0. The van der Waals surface area contributed by atoms with E-state index in [0.717, 1.165) is 5.56 Å². The number of nitrogens with one attached hydrogen (secondary N) is 1. The maximum atomic E-state index is 11.0. The third-order valence-electron chi connectivity index (χ3n) is 1.48. The Balaban J connectivity index is 2.54. The predicted molar refractivity (Wildman–Crippen MR) is 52.0 cm³/mol. The number of likely N-dealkylation sites (N-methyl/N-ethyl adjacent to an activating group) is 1. The Morgan fingerprint density at radius 3 is 2.85 bits per heavy atom. The molecule has 0 saturated carbocycles. The lowest BCUT2D eigenvalue weighted by Crippen LogP contribution is -2.19. The van der Waals surface area contributed by atoms with Crippen LogP contribution in [0.25, 0.3) is 6.08 Å². The third kappa shape index (κ3) is 3.51. The second kappa shape index (κ2) is 5.09. The summed E-state index contributed by atoms with van der Waals surface area (Å²) >= 11 is 0. The number of pyridine rings is 1. The Morgan fingerprint density at radius 2 is 2.23 bits per heavy atom. The van der Waals surface area contributed by atoms with Crippen molar-refractivity contribution < 1.29 is 4.79 Å². The van der Waals surface area contributed by atoms with Gasteiger partial charge in [-0.05, 0) is 30.7 Å². The molecule has 0 aliphatic heterocycles. The molecule has 3 nitrogen and oxygen atoms in total. The number of aromatic nitrogens is 1. The van der Waals surface area contributed by atoms with Gasteiger partial charge in [0, 0.05) is 25.0 Å². The molecular weight excluding hydrogens is 164 g/mol. The van der Waals surface area contributed by atoms with Crippen molar-refractivity contribution in [3.05, 3.63) is 36.2 Å². The van der Waals surface area contributed by atoms with E-state index in [1.54, 1.807) is 18.5 Å².